The summed E-state index contributed by atoms with van der Waals surface area (Å²) < 4.78 is 5.87. The average Bonchev–Trinajstić information content (AvgIpc) is 2.80. The Morgan fingerprint density at radius 3 is 1.85 bits per heavy atom. The first-order chi connectivity index (χ1) is 6.43. The molecule has 2 heterocycles. The molecule has 0 saturated carbocycles. The molecule has 66 valence electrons. The molecular weight excluding hydrogens is 160 g/mol. The van der Waals surface area contributed by atoms with Crippen molar-refractivity contribution in [3.8, 4) is 0 Å². The number of rotatable bonds is 0. The van der Waals surface area contributed by atoms with E-state index in [0.717, 1.165) is 0 Å². The van der Waals surface area contributed by atoms with Gasteiger partial charge in [-0.2, -0.15) is 0 Å². The van der Waals surface area contributed by atoms with Gasteiger partial charge in [0.15, 0.2) is 0 Å². The molecule has 5 aliphatic rings. The van der Waals surface area contributed by atoms with E-state index < -0.39 is 0 Å². The van der Waals surface area contributed by atoms with Gasteiger partial charge in [-0.05, 0) is 24.0 Å². The molecule has 13 heavy (non-hydrogen) atoms. The summed E-state index contributed by atoms with van der Waals surface area (Å²) in [6.07, 6.45) is 12.6. The fourth-order valence-corrected chi connectivity index (χ4v) is 3.32. The molecule has 0 saturated heterocycles. The number of hydrogen-bond donors (Lipinski definition) is 0. The third-order valence-corrected chi connectivity index (χ3v) is 3.86. The molecule has 0 unspecified atom stereocenters. The van der Waals surface area contributed by atoms with Gasteiger partial charge in [0.1, 0.15) is 0 Å². The molecule has 0 amide bonds. The van der Waals surface area contributed by atoms with E-state index in [1.54, 1.807) is 11.1 Å². The maximum Gasteiger partial charge on any atom is 0.0990 e. The first-order valence-electron chi connectivity index (χ1n) is 5.19. The van der Waals surface area contributed by atoms with Crippen molar-refractivity contribution in [1.29, 1.82) is 0 Å². The molecule has 0 aromatic carbocycles. The Kier molecular flexibility index (Phi) is 1.01. The van der Waals surface area contributed by atoms with Gasteiger partial charge in [0, 0.05) is 11.8 Å². The van der Waals surface area contributed by atoms with Crippen molar-refractivity contribution in [3.05, 3.63) is 35.5 Å². The minimum Gasteiger partial charge on any atom is -0.358 e. The van der Waals surface area contributed by atoms with Crippen LogP contribution in [0.5, 0.6) is 0 Å². The molecule has 2 aliphatic heterocycles. The summed E-state index contributed by atoms with van der Waals surface area (Å²) in [4.78, 5) is 0. The second kappa shape index (κ2) is 1.98. The van der Waals surface area contributed by atoms with E-state index in [-0.39, 0.29) is 0 Å². The predicted octanol–water partition coefficient (Wildman–Crippen LogP) is 2.22. The molecule has 0 aromatic rings. The Labute approximate surface area is 77.8 Å². The van der Waals surface area contributed by atoms with Crippen LogP contribution in [-0.4, -0.2) is 12.2 Å². The molecule has 0 fully saturated rings. The summed E-state index contributed by atoms with van der Waals surface area (Å²) in [5.41, 5.74) is 3.23. The van der Waals surface area contributed by atoms with Gasteiger partial charge in [0.05, 0.1) is 12.2 Å². The average molecular weight is 172 g/mol. The normalized spacial score (nSPS) is 49.2. The van der Waals surface area contributed by atoms with Gasteiger partial charge >= 0.3 is 0 Å². The van der Waals surface area contributed by atoms with Crippen molar-refractivity contribution in [2.24, 2.45) is 11.8 Å². The number of fused-ring (bicyclic) bond motifs is 3. The van der Waals surface area contributed by atoms with Crippen LogP contribution in [-0.2, 0) is 4.74 Å². The van der Waals surface area contributed by atoms with Gasteiger partial charge < -0.3 is 4.74 Å². The third kappa shape index (κ3) is 0.646. The van der Waals surface area contributed by atoms with Crippen LogP contribution < -0.4 is 0 Å². The summed E-state index contributed by atoms with van der Waals surface area (Å²) in [5, 5.41) is 0. The van der Waals surface area contributed by atoms with Crippen molar-refractivity contribution in [1.82, 2.24) is 0 Å². The molecule has 0 aromatic heterocycles. The Balaban J connectivity index is 1.92. The maximum atomic E-state index is 5.87. The molecular formula is C12H12O. The van der Waals surface area contributed by atoms with Crippen molar-refractivity contribution in [2.75, 3.05) is 0 Å². The summed E-state index contributed by atoms with van der Waals surface area (Å²) >= 11 is 0. The predicted molar refractivity (Wildman–Crippen MR) is 50.2 cm³/mol. The van der Waals surface area contributed by atoms with Crippen LogP contribution in [0.4, 0.5) is 0 Å². The Morgan fingerprint density at radius 1 is 0.846 bits per heavy atom. The smallest absolute Gasteiger partial charge is 0.0990 e. The topological polar surface area (TPSA) is 9.23 Å². The molecule has 0 spiro atoms. The zero-order valence-electron chi connectivity index (χ0n) is 7.44. The van der Waals surface area contributed by atoms with E-state index in [0.29, 0.717) is 24.0 Å². The van der Waals surface area contributed by atoms with Crippen molar-refractivity contribution in [3.63, 3.8) is 0 Å². The summed E-state index contributed by atoms with van der Waals surface area (Å²) in [5.74, 6) is 1.42. The fourth-order valence-electron chi connectivity index (χ4n) is 3.32. The van der Waals surface area contributed by atoms with Gasteiger partial charge in [-0.3, -0.25) is 0 Å². The zero-order chi connectivity index (χ0) is 8.41. The van der Waals surface area contributed by atoms with Gasteiger partial charge in [-0.15, -0.1) is 0 Å². The van der Waals surface area contributed by atoms with Crippen LogP contribution in [0.25, 0.3) is 0 Å². The van der Waals surface area contributed by atoms with Crippen LogP contribution in [0.15, 0.2) is 35.5 Å². The summed E-state index contributed by atoms with van der Waals surface area (Å²) in [6.45, 7) is 0. The van der Waals surface area contributed by atoms with Crippen LogP contribution in [0.2, 0.25) is 0 Å². The zero-order valence-corrected chi connectivity index (χ0v) is 7.44. The lowest BCUT2D eigenvalue weighted by Gasteiger charge is -2.35. The number of hydrogen-bond acceptors (Lipinski definition) is 1. The van der Waals surface area contributed by atoms with Crippen molar-refractivity contribution in [2.45, 2.75) is 25.0 Å². The minimum absolute atomic E-state index is 0.345. The molecule has 1 nitrogen and oxygen atoms in total. The first kappa shape index (κ1) is 6.61. The molecule has 0 N–H and O–H groups in total. The van der Waals surface area contributed by atoms with E-state index in [2.05, 4.69) is 24.3 Å². The maximum absolute atomic E-state index is 5.87. The molecule has 3 aliphatic carbocycles. The quantitative estimate of drug-likeness (QED) is 0.509. The van der Waals surface area contributed by atoms with Crippen molar-refractivity contribution >= 4 is 0 Å². The summed E-state index contributed by atoms with van der Waals surface area (Å²) in [6, 6.07) is 0. The van der Waals surface area contributed by atoms with Gasteiger partial charge in [0.25, 0.3) is 0 Å². The Morgan fingerprint density at radius 2 is 1.38 bits per heavy atom. The minimum atomic E-state index is 0.345. The molecule has 4 atom stereocenters. The summed E-state index contributed by atoms with van der Waals surface area (Å²) in [7, 11) is 0. The third-order valence-electron chi connectivity index (χ3n) is 3.86. The highest BCUT2D eigenvalue weighted by Gasteiger charge is 2.45. The van der Waals surface area contributed by atoms with Crippen LogP contribution in [0.1, 0.15) is 12.8 Å². The lowest BCUT2D eigenvalue weighted by Crippen LogP contribution is -2.26. The van der Waals surface area contributed by atoms with E-state index in [1.165, 1.54) is 12.8 Å². The van der Waals surface area contributed by atoms with Gasteiger partial charge in [-0.25, -0.2) is 0 Å². The molecule has 0 radical (unpaired) electrons. The highest BCUT2D eigenvalue weighted by molar-refractivity contribution is 5.48. The Bertz CT molecular complexity index is 329. The van der Waals surface area contributed by atoms with Crippen LogP contribution in [0.3, 0.4) is 0 Å². The molecule has 1 heteroatoms. The second-order valence-corrected chi connectivity index (χ2v) is 4.45. The van der Waals surface area contributed by atoms with Crippen LogP contribution in [0, 0.1) is 11.8 Å². The van der Waals surface area contributed by atoms with Crippen LogP contribution >= 0.6 is 0 Å². The highest BCUT2D eigenvalue weighted by Crippen LogP contribution is 2.51. The highest BCUT2D eigenvalue weighted by atomic mass is 16.5. The lowest BCUT2D eigenvalue weighted by atomic mass is 9.68. The first-order valence-corrected chi connectivity index (χ1v) is 5.19. The van der Waals surface area contributed by atoms with Gasteiger partial charge in [0.2, 0.25) is 0 Å². The monoisotopic (exact) mass is 172 g/mol. The van der Waals surface area contributed by atoms with E-state index in [1.807, 2.05) is 0 Å². The van der Waals surface area contributed by atoms with Crippen molar-refractivity contribution < 1.29 is 4.74 Å². The number of ether oxygens (including phenoxy) is 1. The Hall–Kier alpha value is -0.820. The standard InChI is InChI=1S/C12H12O/c1-2-8-4-3-7(1)11-9-5-6-10(13-9)12(8)11/h1-2,5-10H,3-4H2/t7-,8+,9-,10+. The van der Waals surface area contributed by atoms with E-state index in [9.17, 15) is 0 Å². The van der Waals surface area contributed by atoms with Gasteiger partial charge in [-0.1, -0.05) is 24.3 Å². The largest absolute Gasteiger partial charge is 0.358 e. The van der Waals surface area contributed by atoms with E-state index in [4.69, 9.17) is 4.74 Å². The fraction of sp³-hybridized carbons (Fsp3) is 0.500. The molecule has 5 rings (SSSR count). The lowest BCUT2D eigenvalue weighted by molar-refractivity contribution is 0.124. The SMILES string of the molecule is C1=C[C@H]2CC[C@@H]1C1=C2[C@@H]2C=C[C@H]1O2. The number of allylic oxidation sites excluding steroid dienone is 2. The second-order valence-electron chi connectivity index (χ2n) is 4.45. The molecule has 4 bridgehead atoms. The van der Waals surface area contributed by atoms with E-state index >= 15 is 0 Å².